The molecule has 24 heavy (non-hydrogen) atoms. The number of carbonyl (C=O) groups is 1. The fraction of sp³-hybridized carbons (Fsp3) is 0.118. The molecule has 0 aliphatic rings. The lowest BCUT2D eigenvalue weighted by atomic mass is 10.2. The first kappa shape index (κ1) is 16.2. The zero-order valence-corrected chi connectivity index (χ0v) is 14.3. The van der Waals surface area contributed by atoms with Crippen molar-refractivity contribution in [2.24, 2.45) is 0 Å². The van der Waals surface area contributed by atoms with Gasteiger partial charge in [0, 0.05) is 10.0 Å². The Balaban J connectivity index is 1.62. The quantitative estimate of drug-likeness (QED) is 0.617. The van der Waals surface area contributed by atoms with Crippen LogP contribution in [0.2, 0.25) is 0 Å². The first-order valence-corrected chi connectivity index (χ1v) is 7.85. The lowest BCUT2D eigenvalue weighted by molar-refractivity contribution is 0.0430. The van der Waals surface area contributed by atoms with Crippen molar-refractivity contribution in [1.29, 1.82) is 0 Å². The molecular formula is C17H13BrN2O4. The lowest BCUT2D eigenvalue weighted by Crippen LogP contribution is -2.05. The minimum Gasteiger partial charge on any atom is -0.497 e. The molecule has 0 fully saturated rings. The number of hydrogen-bond donors (Lipinski definition) is 0. The highest BCUT2D eigenvalue weighted by Crippen LogP contribution is 2.19. The molecule has 1 aromatic heterocycles. The van der Waals surface area contributed by atoms with E-state index in [2.05, 4.69) is 26.1 Å². The summed E-state index contributed by atoms with van der Waals surface area (Å²) in [5.74, 6) is 0.872. The molecular weight excluding hydrogens is 376 g/mol. The molecule has 0 amide bonds. The van der Waals surface area contributed by atoms with E-state index in [1.54, 1.807) is 31.4 Å². The highest BCUT2D eigenvalue weighted by atomic mass is 79.9. The van der Waals surface area contributed by atoms with Crippen LogP contribution < -0.4 is 4.74 Å². The Hall–Kier alpha value is -2.67. The topological polar surface area (TPSA) is 74.5 Å². The van der Waals surface area contributed by atoms with Crippen molar-refractivity contribution in [3.05, 3.63) is 64.5 Å². The summed E-state index contributed by atoms with van der Waals surface area (Å²) in [7, 11) is 1.56. The third kappa shape index (κ3) is 3.80. The minimum atomic E-state index is -0.471. The highest BCUT2D eigenvalue weighted by molar-refractivity contribution is 9.10. The van der Waals surface area contributed by atoms with Crippen LogP contribution >= 0.6 is 15.9 Å². The molecule has 3 aromatic rings. The maximum absolute atomic E-state index is 12.0. The Morgan fingerprint density at radius 2 is 1.83 bits per heavy atom. The van der Waals surface area contributed by atoms with Crippen molar-refractivity contribution < 1.29 is 18.8 Å². The SMILES string of the molecule is COc1ccc(C(=O)OCc2nc(-c3ccc(Br)cc3)no2)cc1. The number of methoxy groups -OCH3 is 1. The number of esters is 1. The summed E-state index contributed by atoms with van der Waals surface area (Å²) < 4.78 is 16.3. The molecule has 0 aliphatic heterocycles. The van der Waals surface area contributed by atoms with Crippen molar-refractivity contribution in [3.8, 4) is 17.1 Å². The number of benzene rings is 2. The molecule has 0 radical (unpaired) electrons. The van der Waals surface area contributed by atoms with E-state index in [-0.39, 0.29) is 12.5 Å². The van der Waals surface area contributed by atoms with E-state index in [4.69, 9.17) is 14.0 Å². The van der Waals surface area contributed by atoms with E-state index >= 15 is 0 Å². The fourth-order valence-corrected chi connectivity index (χ4v) is 2.23. The van der Waals surface area contributed by atoms with E-state index < -0.39 is 5.97 Å². The summed E-state index contributed by atoms with van der Waals surface area (Å²) in [5, 5.41) is 3.88. The average molecular weight is 389 g/mol. The number of hydrogen-bond acceptors (Lipinski definition) is 6. The Kier molecular flexibility index (Phi) is 4.90. The van der Waals surface area contributed by atoms with Crippen LogP contribution in [0.4, 0.5) is 0 Å². The predicted octanol–water partition coefficient (Wildman–Crippen LogP) is 3.86. The van der Waals surface area contributed by atoms with Crippen LogP contribution in [0.25, 0.3) is 11.4 Å². The van der Waals surface area contributed by atoms with E-state index in [0.29, 0.717) is 17.1 Å². The molecule has 0 saturated carbocycles. The Labute approximate surface area is 146 Å². The lowest BCUT2D eigenvalue weighted by Gasteiger charge is -2.03. The van der Waals surface area contributed by atoms with E-state index in [1.807, 2.05) is 24.3 Å². The standard InChI is InChI=1S/C17H13BrN2O4/c1-22-14-8-4-12(5-9-14)17(21)23-10-15-19-16(20-24-15)11-2-6-13(18)7-3-11/h2-9H,10H2,1H3. The molecule has 0 saturated heterocycles. The molecule has 6 nitrogen and oxygen atoms in total. The van der Waals surface area contributed by atoms with E-state index in [9.17, 15) is 4.79 Å². The molecule has 3 rings (SSSR count). The summed E-state index contributed by atoms with van der Waals surface area (Å²) in [5.41, 5.74) is 1.23. The van der Waals surface area contributed by atoms with Crippen molar-refractivity contribution >= 4 is 21.9 Å². The van der Waals surface area contributed by atoms with Gasteiger partial charge in [-0.25, -0.2) is 4.79 Å². The second kappa shape index (κ2) is 7.27. The third-order valence-corrected chi connectivity index (χ3v) is 3.75. The van der Waals surface area contributed by atoms with Gasteiger partial charge in [0.1, 0.15) is 5.75 Å². The van der Waals surface area contributed by atoms with Crippen molar-refractivity contribution in [1.82, 2.24) is 10.1 Å². The number of aromatic nitrogens is 2. The number of halogens is 1. The Morgan fingerprint density at radius 3 is 2.50 bits per heavy atom. The fourth-order valence-electron chi connectivity index (χ4n) is 1.97. The molecule has 0 bridgehead atoms. The zero-order valence-electron chi connectivity index (χ0n) is 12.7. The van der Waals surface area contributed by atoms with Gasteiger partial charge in [0.15, 0.2) is 6.61 Å². The number of ether oxygens (including phenoxy) is 2. The summed E-state index contributed by atoms with van der Waals surface area (Å²) in [4.78, 5) is 16.2. The van der Waals surface area contributed by atoms with Crippen LogP contribution in [0.5, 0.6) is 5.75 Å². The number of carbonyl (C=O) groups excluding carboxylic acids is 1. The highest BCUT2D eigenvalue weighted by Gasteiger charge is 2.12. The molecule has 0 atom stereocenters. The van der Waals surface area contributed by atoms with Crippen LogP contribution in [0.1, 0.15) is 16.2 Å². The largest absolute Gasteiger partial charge is 0.497 e. The average Bonchev–Trinajstić information content (AvgIpc) is 3.09. The van der Waals surface area contributed by atoms with Gasteiger partial charge in [-0.2, -0.15) is 4.98 Å². The van der Waals surface area contributed by atoms with Crippen LogP contribution in [-0.2, 0) is 11.3 Å². The van der Waals surface area contributed by atoms with Gasteiger partial charge in [-0.3, -0.25) is 0 Å². The van der Waals surface area contributed by atoms with Gasteiger partial charge < -0.3 is 14.0 Å². The number of rotatable bonds is 5. The first-order chi connectivity index (χ1) is 11.7. The van der Waals surface area contributed by atoms with E-state index in [0.717, 1.165) is 10.0 Å². The van der Waals surface area contributed by atoms with Gasteiger partial charge in [-0.05, 0) is 48.5 Å². The Bertz CT molecular complexity index is 829. The minimum absolute atomic E-state index is 0.0889. The van der Waals surface area contributed by atoms with Gasteiger partial charge in [-0.15, -0.1) is 0 Å². The smallest absolute Gasteiger partial charge is 0.338 e. The van der Waals surface area contributed by atoms with Gasteiger partial charge in [-0.1, -0.05) is 21.1 Å². The second-order valence-corrected chi connectivity index (χ2v) is 5.74. The molecule has 0 spiro atoms. The summed E-state index contributed by atoms with van der Waals surface area (Å²) >= 11 is 3.37. The van der Waals surface area contributed by atoms with Crippen molar-refractivity contribution in [2.75, 3.05) is 7.11 Å². The molecule has 122 valence electrons. The van der Waals surface area contributed by atoms with Crippen molar-refractivity contribution in [2.45, 2.75) is 6.61 Å². The first-order valence-electron chi connectivity index (χ1n) is 7.05. The molecule has 2 aromatic carbocycles. The summed E-state index contributed by atoms with van der Waals surface area (Å²) in [6, 6.07) is 14.1. The molecule has 0 aliphatic carbocycles. The third-order valence-electron chi connectivity index (χ3n) is 3.22. The van der Waals surface area contributed by atoms with E-state index in [1.165, 1.54) is 0 Å². The molecule has 0 N–H and O–H groups in total. The molecule has 1 heterocycles. The van der Waals surface area contributed by atoms with Gasteiger partial charge >= 0.3 is 5.97 Å². The Morgan fingerprint density at radius 1 is 1.12 bits per heavy atom. The second-order valence-electron chi connectivity index (χ2n) is 4.82. The van der Waals surface area contributed by atoms with Crippen LogP contribution in [-0.4, -0.2) is 23.2 Å². The van der Waals surface area contributed by atoms with Gasteiger partial charge in [0.25, 0.3) is 5.89 Å². The predicted molar refractivity (Wildman–Crippen MR) is 89.5 cm³/mol. The summed E-state index contributed by atoms with van der Waals surface area (Å²) in [6.07, 6.45) is 0. The van der Waals surface area contributed by atoms with Crippen LogP contribution in [0.15, 0.2) is 57.5 Å². The summed E-state index contributed by atoms with van der Waals surface area (Å²) in [6.45, 7) is -0.0889. The van der Waals surface area contributed by atoms with Crippen LogP contribution in [0, 0.1) is 0 Å². The van der Waals surface area contributed by atoms with Crippen molar-refractivity contribution in [3.63, 3.8) is 0 Å². The molecule has 0 unspecified atom stereocenters. The number of nitrogens with zero attached hydrogens (tertiary/aromatic N) is 2. The van der Waals surface area contributed by atoms with Gasteiger partial charge in [0.05, 0.1) is 12.7 Å². The van der Waals surface area contributed by atoms with Gasteiger partial charge in [0.2, 0.25) is 5.82 Å². The molecule has 7 heteroatoms. The zero-order chi connectivity index (χ0) is 16.9. The maximum atomic E-state index is 12.0. The van der Waals surface area contributed by atoms with Crippen LogP contribution in [0.3, 0.4) is 0 Å². The monoisotopic (exact) mass is 388 g/mol. The normalized spacial score (nSPS) is 10.4. The maximum Gasteiger partial charge on any atom is 0.338 e.